The van der Waals surface area contributed by atoms with Gasteiger partial charge < -0.3 is 5.32 Å². The van der Waals surface area contributed by atoms with Gasteiger partial charge in [-0.05, 0) is 25.7 Å². The summed E-state index contributed by atoms with van der Waals surface area (Å²) in [5, 5.41) is 3.70. The first kappa shape index (κ1) is 14.2. The number of hydrogen-bond acceptors (Lipinski definition) is 2. The van der Waals surface area contributed by atoms with Gasteiger partial charge in [-0.15, -0.1) is 0 Å². The van der Waals surface area contributed by atoms with Gasteiger partial charge in [-0.1, -0.05) is 26.7 Å². The molecule has 0 aromatic rings. The molecule has 1 saturated carbocycles. The zero-order valence-electron chi connectivity index (χ0n) is 11.6. The third kappa shape index (κ3) is 2.55. The minimum atomic E-state index is -2.22. The summed E-state index contributed by atoms with van der Waals surface area (Å²) in [6, 6.07) is 0. The van der Waals surface area contributed by atoms with E-state index in [1.54, 1.807) is 0 Å². The Hall–Kier alpha value is -0.220. The lowest BCUT2D eigenvalue weighted by Gasteiger charge is -2.53. The van der Waals surface area contributed by atoms with Crippen LogP contribution in [0.1, 0.15) is 52.4 Å². The van der Waals surface area contributed by atoms with Crippen molar-refractivity contribution in [1.29, 1.82) is 0 Å². The quantitative estimate of drug-likeness (QED) is 0.836. The predicted octanol–water partition coefficient (Wildman–Crippen LogP) is 3.03. The van der Waals surface area contributed by atoms with Crippen LogP contribution in [-0.4, -0.2) is 42.0 Å². The van der Waals surface area contributed by atoms with Crippen LogP contribution in [0.5, 0.6) is 0 Å². The molecule has 1 saturated heterocycles. The second-order valence-corrected chi connectivity index (χ2v) is 6.04. The highest BCUT2D eigenvalue weighted by atomic mass is 19.3. The molecule has 0 aromatic heterocycles. The Labute approximate surface area is 109 Å². The molecular formula is C14H26F2N2. The Balaban J connectivity index is 2.14. The van der Waals surface area contributed by atoms with Crippen molar-refractivity contribution < 1.29 is 8.78 Å². The second-order valence-electron chi connectivity index (χ2n) is 6.04. The number of nitrogens with one attached hydrogen (secondary N) is 1. The first-order valence-electron chi connectivity index (χ1n) is 7.34. The average molecular weight is 260 g/mol. The van der Waals surface area contributed by atoms with Crippen LogP contribution >= 0.6 is 0 Å². The van der Waals surface area contributed by atoms with Crippen LogP contribution in [-0.2, 0) is 0 Å². The number of nitrogens with zero attached hydrogens (tertiary/aromatic N) is 1. The number of piperazine rings is 1. The Bertz CT molecular complexity index is 271. The fourth-order valence-electron chi connectivity index (χ4n) is 3.81. The predicted molar refractivity (Wildman–Crippen MR) is 70.1 cm³/mol. The van der Waals surface area contributed by atoms with Crippen molar-refractivity contribution in [1.82, 2.24) is 10.2 Å². The van der Waals surface area contributed by atoms with Crippen molar-refractivity contribution in [3.05, 3.63) is 0 Å². The third-order valence-electron chi connectivity index (χ3n) is 5.19. The first-order chi connectivity index (χ1) is 8.56. The van der Waals surface area contributed by atoms with E-state index in [4.69, 9.17) is 0 Å². The second kappa shape index (κ2) is 5.41. The monoisotopic (exact) mass is 260 g/mol. The van der Waals surface area contributed by atoms with E-state index >= 15 is 0 Å². The summed E-state index contributed by atoms with van der Waals surface area (Å²) in [6.45, 7) is 5.85. The molecule has 106 valence electrons. The topological polar surface area (TPSA) is 15.3 Å². The van der Waals surface area contributed by atoms with E-state index in [-0.39, 0.29) is 17.6 Å². The summed E-state index contributed by atoms with van der Waals surface area (Å²) in [6.07, 6.45) is 4.44. The van der Waals surface area contributed by atoms with E-state index in [9.17, 15) is 8.78 Å². The van der Waals surface area contributed by atoms with Crippen LogP contribution in [0, 0.1) is 0 Å². The Kier molecular flexibility index (Phi) is 4.27. The molecule has 0 radical (unpaired) electrons. The SMILES string of the molecule is CCC1(CC)CNC2(CCCC2)CN1CC(F)F. The summed E-state index contributed by atoms with van der Waals surface area (Å²) in [4.78, 5) is 2.08. The summed E-state index contributed by atoms with van der Waals surface area (Å²) >= 11 is 0. The van der Waals surface area contributed by atoms with Gasteiger partial charge in [0.1, 0.15) is 0 Å². The van der Waals surface area contributed by atoms with Gasteiger partial charge in [0, 0.05) is 24.2 Å². The van der Waals surface area contributed by atoms with Crippen molar-refractivity contribution in [2.24, 2.45) is 0 Å². The summed E-state index contributed by atoms with van der Waals surface area (Å²) < 4.78 is 25.7. The summed E-state index contributed by atoms with van der Waals surface area (Å²) in [5.41, 5.74) is 0.0625. The van der Waals surface area contributed by atoms with Gasteiger partial charge in [0.15, 0.2) is 0 Å². The molecule has 1 aliphatic heterocycles. The number of rotatable bonds is 4. The molecule has 1 heterocycles. The molecule has 18 heavy (non-hydrogen) atoms. The molecule has 0 amide bonds. The zero-order valence-corrected chi connectivity index (χ0v) is 11.6. The zero-order chi connectivity index (χ0) is 13.2. The lowest BCUT2D eigenvalue weighted by molar-refractivity contribution is -0.0360. The van der Waals surface area contributed by atoms with Crippen molar-refractivity contribution in [2.45, 2.75) is 69.9 Å². The van der Waals surface area contributed by atoms with Gasteiger partial charge in [-0.25, -0.2) is 8.78 Å². The molecule has 1 spiro atoms. The molecule has 1 N–H and O–H groups in total. The highest BCUT2D eigenvalue weighted by molar-refractivity contribution is 5.06. The highest BCUT2D eigenvalue weighted by Crippen LogP contribution is 2.38. The summed E-state index contributed by atoms with van der Waals surface area (Å²) in [5.74, 6) is 0. The van der Waals surface area contributed by atoms with Gasteiger partial charge in [-0.3, -0.25) is 4.90 Å². The Morgan fingerprint density at radius 3 is 2.28 bits per heavy atom. The van der Waals surface area contributed by atoms with Crippen LogP contribution in [0.4, 0.5) is 8.78 Å². The molecule has 0 bridgehead atoms. The van der Waals surface area contributed by atoms with E-state index < -0.39 is 6.43 Å². The molecular weight excluding hydrogens is 234 g/mol. The number of alkyl halides is 2. The van der Waals surface area contributed by atoms with Gasteiger partial charge in [0.2, 0.25) is 0 Å². The van der Waals surface area contributed by atoms with Crippen molar-refractivity contribution >= 4 is 0 Å². The lowest BCUT2D eigenvalue weighted by atomic mass is 9.82. The van der Waals surface area contributed by atoms with Gasteiger partial charge >= 0.3 is 0 Å². The fourth-order valence-corrected chi connectivity index (χ4v) is 3.81. The van der Waals surface area contributed by atoms with Crippen molar-refractivity contribution in [2.75, 3.05) is 19.6 Å². The van der Waals surface area contributed by atoms with Crippen molar-refractivity contribution in [3.8, 4) is 0 Å². The van der Waals surface area contributed by atoms with E-state index in [2.05, 4.69) is 24.1 Å². The smallest absolute Gasteiger partial charge is 0.251 e. The average Bonchev–Trinajstić information content (AvgIpc) is 2.78. The maximum Gasteiger partial charge on any atom is 0.251 e. The van der Waals surface area contributed by atoms with Crippen LogP contribution in [0.2, 0.25) is 0 Å². The molecule has 2 nitrogen and oxygen atoms in total. The molecule has 2 rings (SSSR count). The highest BCUT2D eigenvalue weighted by Gasteiger charge is 2.47. The van der Waals surface area contributed by atoms with Crippen LogP contribution in [0.15, 0.2) is 0 Å². The third-order valence-corrected chi connectivity index (χ3v) is 5.19. The standard InChI is InChI=1S/C14H26F2N2/c1-3-14(4-2)10-17-13(7-5-6-8-13)11-18(14)9-12(15)16/h12,17H,3-11H2,1-2H3. The molecule has 0 unspecified atom stereocenters. The van der Waals surface area contributed by atoms with Crippen LogP contribution in [0.3, 0.4) is 0 Å². The number of halogens is 2. The van der Waals surface area contributed by atoms with Crippen LogP contribution < -0.4 is 5.32 Å². The van der Waals surface area contributed by atoms with Crippen molar-refractivity contribution in [3.63, 3.8) is 0 Å². The van der Waals surface area contributed by atoms with E-state index in [0.29, 0.717) is 0 Å². The Morgan fingerprint density at radius 2 is 1.78 bits per heavy atom. The molecule has 1 aliphatic carbocycles. The fraction of sp³-hybridized carbons (Fsp3) is 1.00. The van der Waals surface area contributed by atoms with Crippen LogP contribution in [0.25, 0.3) is 0 Å². The van der Waals surface area contributed by atoms with Gasteiger partial charge in [0.25, 0.3) is 6.43 Å². The molecule has 0 aromatic carbocycles. The van der Waals surface area contributed by atoms with Gasteiger partial charge in [-0.2, -0.15) is 0 Å². The molecule has 0 atom stereocenters. The first-order valence-corrected chi connectivity index (χ1v) is 7.34. The minimum absolute atomic E-state index is 0.0644. The molecule has 2 aliphatic rings. The minimum Gasteiger partial charge on any atom is -0.308 e. The largest absolute Gasteiger partial charge is 0.308 e. The van der Waals surface area contributed by atoms with Gasteiger partial charge in [0.05, 0.1) is 6.54 Å². The maximum atomic E-state index is 12.8. The number of hydrogen-bond donors (Lipinski definition) is 1. The normalized spacial score (nSPS) is 27.2. The van der Waals surface area contributed by atoms with E-state index in [1.165, 1.54) is 12.8 Å². The Morgan fingerprint density at radius 1 is 1.17 bits per heavy atom. The maximum absolute atomic E-state index is 12.8. The lowest BCUT2D eigenvalue weighted by Crippen LogP contribution is -2.69. The summed E-state index contributed by atoms with van der Waals surface area (Å²) in [7, 11) is 0. The molecule has 2 fully saturated rings. The molecule has 4 heteroatoms. The van der Waals surface area contributed by atoms with E-state index in [0.717, 1.165) is 38.8 Å². The van der Waals surface area contributed by atoms with E-state index in [1.807, 2.05) is 0 Å².